The predicted octanol–water partition coefficient (Wildman–Crippen LogP) is 3.21. The van der Waals surface area contributed by atoms with E-state index in [2.05, 4.69) is 5.32 Å². The van der Waals surface area contributed by atoms with Crippen molar-refractivity contribution in [2.45, 2.75) is 33.7 Å². The van der Waals surface area contributed by atoms with Gasteiger partial charge in [0.05, 0.1) is 12.2 Å². The summed E-state index contributed by atoms with van der Waals surface area (Å²) in [5, 5.41) is 2.79. The maximum absolute atomic E-state index is 13.0. The summed E-state index contributed by atoms with van der Waals surface area (Å²) in [6.45, 7) is 8.19. The summed E-state index contributed by atoms with van der Waals surface area (Å²) >= 11 is 0. The van der Waals surface area contributed by atoms with Crippen LogP contribution in [-0.4, -0.2) is 25.0 Å². The number of ether oxygens (including phenoxy) is 1. The van der Waals surface area contributed by atoms with E-state index in [9.17, 15) is 9.59 Å². The molecule has 0 spiro atoms. The number of hydrogen-bond donors (Lipinski definition) is 1. The lowest BCUT2D eigenvalue weighted by Crippen LogP contribution is -2.38. The van der Waals surface area contributed by atoms with Crippen molar-refractivity contribution in [3.8, 4) is 5.75 Å². The number of nitrogens with zero attached hydrogens (tertiary/aromatic N) is 1. The van der Waals surface area contributed by atoms with Gasteiger partial charge in [0, 0.05) is 12.5 Å². The van der Waals surface area contributed by atoms with Gasteiger partial charge in [0.15, 0.2) is 0 Å². The van der Waals surface area contributed by atoms with E-state index in [1.807, 2.05) is 57.2 Å². The maximum atomic E-state index is 13.0. The zero-order valence-electron chi connectivity index (χ0n) is 15.6. The summed E-state index contributed by atoms with van der Waals surface area (Å²) in [5.74, 6) is 0.493. The third-order valence-corrected chi connectivity index (χ3v) is 4.72. The first kappa shape index (κ1) is 18.0. The van der Waals surface area contributed by atoms with Crippen LogP contribution in [0.5, 0.6) is 5.75 Å². The Bertz CT molecular complexity index is 860. The van der Waals surface area contributed by atoms with Crippen LogP contribution < -0.4 is 15.0 Å². The van der Waals surface area contributed by atoms with E-state index >= 15 is 0 Å². The van der Waals surface area contributed by atoms with Gasteiger partial charge in [-0.1, -0.05) is 30.3 Å². The van der Waals surface area contributed by atoms with Crippen LogP contribution in [0.3, 0.4) is 0 Å². The molecule has 0 fully saturated rings. The molecule has 1 aliphatic rings. The van der Waals surface area contributed by atoms with Gasteiger partial charge in [-0.05, 0) is 43.5 Å². The number of aryl methyl sites for hydroxylation is 3. The van der Waals surface area contributed by atoms with Gasteiger partial charge in [-0.2, -0.15) is 0 Å². The van der Waals surface area contributed by atoms with Crippen LogP contribution in [0.25, 0.3) is 0 Å². The van der Waals surface area contributed by atoms with E-state index < -0.39 is 6.04 Å². The monoisotopic (exact) mass is 352 g/mol. The van der Waals surface area contributed by atoms with Gasteiger partial charge in [0.25, 0.3) is 5.91 Å². The summed E-state index contributed by atoms with van der Waals surface area (Å²) in [6, 6.07) is 11.2. The minimum absolute atomic E-state index is 0.110. The molecule has 0 aliphatic carbocycles. The number of fused-ring (bicyclic) bond motifs is 1. The molecule has 3 rings (SSSR count). The first-order chi connectivity index (χ1) is 12.4. The second kappa shape index (κ2) is 7.20. The topological polar surface area (TPSA) is 58.6 Å². The number of hydrogen-bond acceptors (Lipinski definition) is 3. The number of amides is 2. The number of carbonyl (C=O) groups excluding carboxylic acids is 2. The molecular weight excluding hydrogens is 328 g/mol. The highest BCUT2D eigenvalue weighted by molar-refractivity contribution is 6.07. The number of anilines is 1. The predicted molar refractivity (Wildman–Crippen MR) is 102 cm³/mol. The van der Waals surface area contributed by atoms with Crippen molar-refractivity contribution in [3.63, 3.8) is 0 Å². The number of nitrogens with one attached hydrogen (secondary N) is 1. The molecule has 0 bridgehead atoms. The van der Waals surface area contributed by atoms with Gasteiger partial charge in [-0.3, -0.25) is 9.59 Å². The number of rotatable bonds is 5. The lowest BCUT2D eigenvalue weighted by Gasteiger charge is -2.20. The lowest BCUT2D eigenvalue weighted by molar-refractivity contribution is -0.126. The Morgan fingerprint density at radius 1 is 1.08 bits per heavy atom. The average molecular weight is 352 g/mol. The molecule has 2 aromatic carbocycles. The van der Waals surface area contributed by atoms with E-state index in [1.165, 1.54) is 6.92 Å². The summed E-state index contributed by atoms with van der Waals surface area (Å²) < 4.78 is 5.87. The second-order valence-electron chi connectivity index (χ2n) is 6.70. The fourth-order valence-corrected chi connectivity index (χ4v) is 3.45. The molecule has 1 heterocycles. The smallest absolute Gasteiger partial charge is 0.254 e. The van der Waals surface area contributed by atoms with Gasteiger partial charge in [0.1, 0.15) is 18.4 Å². The fraction of sp³-hybridized carbons (Fsp3) is 0.333. The van der Waals surface area contributed by atoms with Crippen LogP contribution in [0.4, 0.5) is 5.69 Å². The third-order valence-electron chi connectivity index (χ3n) is 4.72. The number of carbonyl (C=O) groups is 2. The van der Waals surface area contributed by atoms with Gasteiger partial charge in [-0.15, -0.1) is 0 Å². The van der Waals surface area contributed by atoms with Crippen molar-refractivity contribution in [2.75, 3.05) is 18.1 Å². The Labute approximate surface area is 154 Å². The minimum Gasteiger partial charge on any atom is -0.491 e. The molecule has 0 radical (unpaired) electrons. The van der Waals surface area contributed by atoms with Gasteiger partial charge in [0.2, 0.25) is 5.91 Å². The van der Waals surface area contributed by atoms with E-state index in [0.29, 0.717) is 13.2 Å². The average Bonchev–Trinajstić information content (AvgIpc) is 2.86. The molecule has 26 heavy (non-hydrogen) atoms. The highest BCUT2D eigenvalue weighted by atomic mass is 16.5. The standard InChI is InChI=1S/C21H24N2O3/c1-13-7-5-6-8-17(13)26-12-11-23-20-15(3)10-9-14(2)18(20)19(21(23)25)22-16(4)24/h5-10,19H,11-12H2,1-4H3,(H,22,24)/t19-/m0/s1. The molecular formula is C21H24N2O3. The summed E-state index contributed by atoms with van der Waals surface area (Å²) in [5.41, 5.74) is 4.86. The Kier molecular flexibility index (Phi) is 4.98. The molecule has 0 saturated carbocycles. The summed E-state index contributed by atoms with van der Waals surface area (Å²) in [4.78, 5) is 26.3. The van der Waals surface area contributed by atoms with Crippen LogP contribution >= 0.6 is 0 Å². The molecule has 5 nitrogen and oxygen atoms in total. The zero-order valence-corrected chi connectivity index (χ0v) is 15.6. The van der Waals surface area contributed by atoms with Crippen LogP contribution in [-0.2, 0) is 9.59 Å². The quantitative estimate of drug-likeness (QED) is 0.899. The van der Waals surface area contributed by atoms with E-state index in [1.54, 1.807) is 4.90 Å². The second-order valence-corrected chi connectivity index (χ2v) is 6.70. The molecule has 2 aromatic rings. The maximum Gasteiger partial charge on any atom is 0.254 e. The molecule has 2 amide bonds. The summed E-state index contributed by atoms with van der Waals surface area (Å²) in [7, 11) is 0. The normalized spacial score (nSPS) is 15.8. The Balaban J connectivity index is 1.84. The van der Waals surface area contributed by atoms with Crippen molar-refractivity contribution in [2.24, 2.45) is 0 Å². The zero-order chi connectivity index (χ0) is 18.8. The van der Waals surface area contributed by atoms with Gasteiger partial charge >= 0.3 is 0 Å². The van der Waals surface area contributed by atoms with Crippen LogP contribution in [0.2, 0.25) is 0 Å². The third kappa shape index (κ3) is 3.29. The SMILES string of the molecule is CC(=O)N[C@@H]1C(=O)N(CCOc2ccccc2C)c2c(C)ccc(C)c21. The molecule has 0 unspecified atom stereocenters. The molecule has 1 N–H and O–H groups in total. The Morgan fingerprint density at radius 3 is 2.46 bits per heavy atom. The number of benzene rings is 2. The Hall–Kier alpha value is -2.82. The van der Waals surface area contributed by atoms with E-state index in [0.717, 1.165) is 33.7 Å². The van der Waals surface area contributed by atoms with Gasteiger partial charge < -0.3 is 15.0 Å². The van der Waals surface area contributed by atoms with Gasteiger partial charge in [-0.25, -0.2) is 0 Å². The van der Waals surface area contributed by atoms with E-state index in [-0.39, 0.29) is 11.8 Å². The fourth-order valence-electron chi connectivity index (χ4n) is 3.45. The highest BCUT2D eigenvalue weighted by Crippen LogP contribution is 2.40. The first-order valence-corrected chi connectivity index (χ1v) is 8.77. The van der Waals surface area contributed by atoms with E-state index in [4.69, 9.17) is 4.74 Å². The van der Waals surface area contributed by atoms with Crippen molar-refractivity contribution >= 4 is 17.5 Å². The molecule has 1 atom stereocenters. The minimum atomic E-state index is -0.624. The molecule has 1 aliphatic heterocycles. The lowest BCUT2D eigenvalue weighted by atomic mass is 9.99. The van der Waals surface area contributed by atoms with Crippen LogP contribution in [0.1, 0.15) is 35.2 Å². The number of para-hydroxylation sites is 1. The van der Waals surface area contributed by atoms with Crippen molar-refractivity contribution < 1.29 is 14.3 Å². The molecule has 136 valence electrons. The Morgan fingerprint density at radius 2 is 1.77 bits per heavy atom. The van der Waals surface area contributed by atoms with Crippen molar-refractivity contribution in [1.29, 1.82) is 0 Å². The largest absolute Gasteiger partial charge is 0.491 e. The molecule has 0 saturated heterocycles. The van der Waals surface area contributed by atoms with Crippen molar-refractivity contribution in [3.05, 3.63) is 58.7 Å². The highest BCUT2D eigenvalue weighted by Gasteiger charge is 2.39. The summed E-state index contributed by atoms with van der Waals surface area (Å²) in [6.07, 6.45) is 0. The molecule has 5 heteroatoms. The first-order valence-electron chi connectivity index (χ1n) is 8.77. The van der Waals surface area contributed by atoms with Crippen molar-refractivity contribution in [1.82, 2.24) is 5.32 Å². The van der Waals surface area contributed by atoms with Crippen LogP contribution in [0, 0.1) is 20.8 Å². The van der Waals surface area contributed by atoms with Crippen LogP contribution in [0.15, 0.2) is 36.4 Å². The molecule has 0 aromatic heterocycles.